The lowest BCUT2D eigenvalue weighted by atomic mass is 10.1. The molecule has 20 heavy (non-hydrogen) atoms. The van der Waals surface area contributed by atoms with Gasteiger partial charge in [-0.05, 0) is 31.0 Å². The Morgan fingerprint density at radius 3 is 2.85 bits per heavy atom. The maximum atomic E-state index is 11.6. The van der Waals surface area contributed by atoms with Crippen molar-refractivity contribution >= 4 is 17.7 Å². The number of hydrogen-bond acceptors (Lipinski definition) is 3. The van der Waals surface area contributed by atoms with E-state index in [-0.39, 0.29) is 12.5 Å². The number of carboxylic acids is 1. The summed E-state index contributed by atoms with van der Waals surface area (Å²) >= 11 is 0. The molecule has 0 radical (unpaired) electrons. The van der Waals surface area contributed by atoms with Gasteiger partial charge in [0.2, 0.25) is 0 Å². The van der Waals surface area contributed by atoms with Gasteiger partial charge in [-0.2, -0.15) is 0 Å². The zero-order chi connectivity index (χ0) is 14.8. The molecule has 110 valence electrons. The molecule has 0 aliphatic rings. The summed E-state index contributed by atoms with van der Waals surface area (Å²) in [5, 5.41) is 14.1. The molecule has 1 aromatic rings. The molecule has 0 aliphatic carbocycles. The summed E-state index contributed by atoms with van der Waals surface area (Å²) in [5.74, 6) is -0.900. The highest BCUT2D eigenvalue weighted by molar-refractivity contribution is 5.89. The zero-order valence-electron chi connectivity index (χ0n) is 11.5. The number of carbonyl (C=O) groups excluding carboxylic acids is 1. The van der Waals surface area contributed by atoms with E-state index in [1.165, 1.54) is 0 Å². The number of carbonyl (C=O) groups is 2. The SMILES string of the molecule is CCOCCCNC(=O)Nc1cccc(CC(=O)O)c1. The van der Waals surface area contributed by atoms with E-state index in [2.05, 4.69) is 10.6 Å². The summed E-state index contributed by atoms with van der Waals surface area (Å²) in [6.45, 7) is 3.73. The van der Waals surface area contributed by atoms with E-state index >= 15 is 0 Å². The van der Waals surface area contributed by atoms with Crippen LogP contribution in [0.1, 0.15) is 18.9 Å². The number of aliphatic carboxylic acids is 1. The fourth-order valence-electron chi connectivity index (χ4n) is 1.63. The van der Waals surface area contributed by atoms with Crippen molar-refractivity contribution in [3.63, 3.8) is 0 Å². The average Bonchev–Trinajstić information content (AvgIpc) is 2.38. The highest BCUT2D eigenvalue weighted by Gasteiger charge is 2.04. The van der Waals surface area contributed by atoms with Crippen molar-refractivity contribution in [3.8, 4) is 0 Å². The van der Waals surface area contributed by atoms with E-state index in [1.54, 1.807) is 24.3 Å². The maximum absolute atomic E-state index is 11.6. The smallest absolute Gasteiger partial charge is 0.319 e. The molecule has 0 spiro atoms. The molecule has 0 atom stereocenters. The van der Waals surface area contributed by atoms with Crippen molar-refractivity contribution < 1.29 is 19.4 Å². The molecule has 0 heterocycles. The molecule has 1 rings (SSSR count). The van der Waals surface area contributed by atoms with Gasteiger partial charge in [0.05, 0.1) is 6.42 Å². The number of hydrogen-bond donors (Lipinski definition) is 3. The van der Waals surface area contributed by atoms with Crippen LogP contribution in [-0.2, 0) is 16.0 Å². The van der Waals surface area contributed by atoms with Gasteiger partial charge >= 0.3 is 12.0 Å². The van der Waals surface area contributed by atoms with Gasteiger partial charge in [-0.25, -0.2) is 4.79 Å². The molecule has 0 aliphatic heterocycles. The topological polar surface area (TPSA) is 87.7 Å². The molecule has 0 fully saturated rings. The lowest BCUT2D eigenvalue weighted by Gasteiger charge is -2.08. The van der Waals surface area contributed by atoms with Crippen LogP contribution in [0.3, 0.4) is 0 Å². The predicted octanol–water partition coefficient (Wildman–Crippen LogP) is 1.86. The van der Waals surface area contributed by atoms with Crippen LogP contribution in [0.2, 0.25) is 0 Å². The Morgan fingerprint density at radius 2 is 2.15 bits per heavy atom. The monoisotopic (exact) mass is 280 g/mol. The second kappa shape index (κ2) is 8.92. The third kappa shape index (κ3) is 6.75. The first kappa shape index (κ1) is 16.0. The molecular formula is C14H20N2O4. The van der Waals surface area contributed by atoms with E-state index in [0.29, 0.717) is 31.0 Å². The summed E-state index contributed by atoms with van der Waals surface area (Å²) < 4.78 is 5.16. The van der Waals surface area contributed by atoms with Crippen LogP contribution in [0, 0.1) is 0 Å². The van der Waals surface area contributed by atoms with E-state index in [9.17, 15) is 9.59 Å². The molecule has 6 nitrogen and oxygen atoms in total. The summed E-state index contributed by atoms with van der Waals surface area (Å²) in [4.78, 5) is 22.2. The van der Waals surface area contributed by atoms with Crippen molar-refractivity contribution in [2.45, 2.75) is 19.8 Å². The van der Waals surface area contributed by atoms with Crippen molar-refractivity contribution in [2.75, 3.05) is 25.1 Å². The Morgan fingerprint density at radius 1 is 1.35 bits per heavy atom. The lowest BCUT2D eigenvalue weighted by Crippen LogP contribution is -2.30. The number of benzene rings is 1. The third-order valence-electron chi connectivity index (χ3n) is 2.50. The van der Waals surface area contributed by atoms with Crippen LogP contribution in [0.5, 0.6) is 0 Å². The first-order valence-electron chi connectivity index (χ1n) is 6.55. The Kier molecular flexibility index (Phi) is 7.13. The fourth-order valence-corrected chi connectivity index (χ4v) is 1.63. The molecule has 0 unspecified atom stereocenters. The minimum Gasteiger partial charge on any atom is -0.481 e. The number of carboxylic acid groups (broad SMARTS) is 1. The molecule has 0 saturated carbocycles. The zero-order valence-corrected chi connectivity index (χ0v) is 11.5. The van der Waals surface area contributed by atoms with E-state index in [1.807, 2.05) is 6.92 Å². The van der Waals surface area contributed by atoms with Gasteiger partial charge in [-0.15, -0.1) is 0 Å². The molecule has 6 heteroatoms. The van der Waals surface area contributed by atoms with Crippen LogP contribution in [0.4, 0.5) is 10.5 Å². The van der Waals surface area contributed by atoms with Crippen LogP contribution >= 0.6 is 0 Å². The maximum Gasteiger partial charge on any atom is 0.319 e. The quantitative estimate of drug-likeness (QED) is 0.634. The average molecular weight is 280 g/mol. The van der Waals surface area contributed by atoms with E-state index in [0.717, 1.165) is 6.42 Å². The van der Waals surface area contributed by atoms with Crippen LogP contribution in [0.25, 0.3) is 0 Å². The van der Waals surface area contributed by atoms with E-state index < -0.39 is 5.97 Å². The molecule has 1 aromatic carbocycles. The molecule has 3 N–H and O–H groups in total. The fraction of sp³-hybridized carbons (Fsp3) is 0.429. The first-order valence-corrected chi connectivity index (χ1v) is 6.55. The van der Waals surface area contributed by atoms with Crippen LogP contribution in [-0.4, -0.2) is 36.9 Å². The van der Waals surface area contributed by atoms with E-state index in [4.69, 9.17) is 9.84 Å². The van der Waals surface area contributed by atoms with Gasteiger partial charge in [-0.3, -0.25) is 4.79 Å². The second-order valence-electron chi connectivity index (χ2n) is 4.20. The molecule has 0 bridgehead atoms. The summed E-state index contributed by atoms with van der Waals surface area (Å²) in [5.41, 5.74) is 1.22. The predicted molar refractivity (Wildman–Crippen MR) is 75.9 cm³/mol. The van der Waals surface area contributed by atoms with Gasteiger partial charge in [0.15, 0.2) is 0 Å². The molecule has 2 amide bonds. The van der Waals surface area contributed by atoms with Crippen molar-refractivity contribution in [1.82, 2.24) is 5.32 Å². The molecular weight excluding hydrogens is 260 g/mol. The minimum absolute atomic E-state index is 0.0640. The Bertz CT molecular complexity index is 449. The Hall–Kier alpha value is -2.08. The Balaban J connectivity index is 2.36. The summed E-state index contributed by atoms with van der Waals surface area (Å²) in [6, 6.07) is 6.47. The minimum atomic E-state index is -0.900. The number of rotatable bonds is 8. The lowest BCUT2D eigenvalue weighted by molar-refractivity contribution is -0.136. The largest absolute Gasteiger partial charge is 0.481 e. The number of urea groups is 1. The normalized spacial score (nSPS) is 10.1. The summed E-state index contributed by atoms with van der Waals surface area (Å²) in [7, 11) is 0. The van der Waals surface area contributed by atoms with Gasteiger partial charge < -0.3 is 20.5 Å². The number of ether oxygens (including phenoxy) is 1. The van der Waals surface area contributed by atoms with Crippen molar-refractivity contribution in [2.24, 2.45) is 0 Å². The number of anilines is 1. The van der Waals surface area contributed by atoms with Crippen molar-refractivity contribution in [3.05, 3.63) is 29.8 Å². The number of amides is 2. The Labute approximate surface area is 118 Å². The summed E-state index contributed by atoms with van der Waals surface area (Å²) in [6.07, 6.45) is 0.686. The second-order valence-corrected chi connectivity index (χ2v) is 4.20. The number of nitrogens with one attached hydrogen (secondary N) is 2. The van der Waals surface area contributed by atoms with Gasteiger partial charge in [0, 0.05) is 25.4 Å². The highest BCUT2D eigenvalue weighted by Crippen LogP contribution is 2.11. The first-order chi connectivity index (χ1) is 9.61. The standard InChI is InChI=1S/C14H20N2O4/c1-2-20-8-4-7-15-14(19)16-12-6-3-5-11(9-12)10-13(17)18/h3,5-6,9H,2,4,7-8,10H2,1H3,(H,17,18)(H2,15,16,19). The van der Waals surface area contributed by atoms with Crippen LogP contribution in [0.15, 0.2) is 24.3 Å². The highest BCUT2D eigenvalue weighted by atomic mass is 16.5. The van der Waals surface area contributed by atoms with Crippen LogP contribution < -0.4 is 10.6 Å². The van der Waals surface area contributed by atoms with Gasteiger partial charge in [0.1, 0.15) is 0 Å². The molecule has 0 aromatic heterocycles. The van der Waals surface area contributed by atoms with Gasteiger partial charge in [-0.1, -0.05) is 12.1 Å². The molecule has 0 saturated heterocycles. The van der Waals surface area contributed by atoms with Gasteiger partial charge in [0.25, 0.3) is 0 Å². The van der Waals surface area contributed by atoms with Crippen molar-refractivity contribution in [1.29, 1.82) is 0 Å². The third-order valence-corrected chi connectivity index (χ3v) is 2.50.